The van der Waals surface area contributed by atoms with Crippen molar-refractivity contribution in [1.29, 1.82) is 0 Å². The summed E-state index contributed by atoms with van der Waals surface area (Å²) >= 11 is 3.18. The molecule has 0 aliphatic rings. The lowest BCUT2D eigenvalue weighted by Gasteiger charge is -2.06. The second-order valence-electron chi connectivity index (χ2n) is 6.58. The molecule has 4 nitrogen and oxygen atoms in total. The lowest BCUT2D eigenvalue weighted by molar-refractivity contribution is -0.113. The number of hydrogen-bond acceptors (Lipinski definition) is 5. The van der Waals surface area contributed by atoms with Crippen molar-refractivity contribution in [2.24, 2.45) is 0 Å². The second-order valence-corrected chi connectivity index (χ2v) is 8.66. The number of aromatic nitrogens is 1. The molecule has 1 aromatic heterocycles. The number of nitrogens with one attached hydrogen (secondary N) is 1. The van der Waals surface area contributed by atoms with Crippen LogP contribution in [0.5, 0.6) is 5.75 Å². The number of hydrogen-bond donors (Lipinski definition) is 1. The number of rotatable bonds is 6. The van der Waals surface area contributed by atoms with Crippen LogP contribution in [0.15, 0.2) is 71.6 Å². The van der Waals surface area contributed by atoms with Gasteiger partial charge in [0.25, 0.3) is 0 Å². The number of carbonyl (C=O) groups excluding carboxylic acids is 1. The number of anilines is 1. The van der Waals surface area contributed by atoms with E-state index < -0.39 is 0 Å². The van der Waals surface area contributed by atoms with Crippen LogP contribution >= 0.6 is 23.1 Å². The third-order valence-electron chi connectivity index (χ3n) is 4.39. The molecule has 1 amide bonds. The summed E-state index contributed by atoms with van der Waals surface area (Å²) in [5, 5.41) is 3.93. The lowest BCUT2D eigenvalue weighted by atomic mass is 10.2. The Kier molecular flexibility index (Phi) is 5.83. The van der Waals surface area contributed by atoms with Crippen LogP contribution in [0.25, 0.3) is 20.8 Å². The molecule has 4 aromatic rings. The van der Waals surface area contributed by atoms with Gasteiger partial charge in [0.05, 0.1) is 23.1 Å². The molecule has 0 saturated carbocycles. The van der Waals surface area contributed by atoms with E-state index in [1.807, 2.05) is 48.5 Å². The molecule has 0 atom stereocenters. The highest BCUT2D eigenvalue weighted by molar-refractivity contribution is 8.00. The molecule has 0 radical (unpaired) electrons. The first-order valence-electron chi connectivity index (χ1n) is 9.15. The summed E-state index contributed by atoms with van der Waals surface area (Å²) in [4.78, 5) is 18.0. The molecular weight excluding hydrogens is 400 g/mol. The Balaban J connectivity index is 1.37. The van der Waals surface area contributed by atoms with E-state index in [1.54, 1.807) is 18.4 Å². The summed E-state index contributed by atoms with van der Waals surface area (Å²) < 4.78 is 6.33. The zero-order valence-corrected chi connectivity index (χ0v) is 17.8. The minimum absolute atomic E-state index is 0.0333. The molecule has 1 N–H and O–H groups in total. The van der Waals surface area contributed by atoms with Crippen molar-refractivity contribution in [2.45, 2.75) is 11.8 Å². The molecular formula is C23H20N2O2S2. The predicted molar refractivity (Wildman–Crippen MR) is 122 cm³/mol. The van der Waals surface area contributed by atoms with Crippen molar-refractivity contribution in [3.8, 4) is 16.3 Å². The van der Waals surface area contributed by atoms with Gasteiger partial charge in [-0.15, -0.1) is 23.1 Å². The SMILES string of the molecule is COc1ccc(SCC(=O)Nc2ccc(-c3nc4ccc(C)cc4s3)cc2)cc1. The fourth-order valence-electron chi connectivity index (χ4n) is 2.87. The van der Waals surface area contributed by atoms with Gasteiger partial charge >= 0.3 is 0 Å². The molecule has 6 heteroatoms. The number of benzene rings is 3. The number of nitrogens with zero attached hydrogens (tertiary/aromatic N) is 1. The highest BCUT2D eigenvalue weighted by atomic mass is 32.2. The Morgan fingerprint density at radius 1 is 1.07 bits per heavy atom. The number of carbonyl (C=O) groups is 1. The van der Waals surface area contributed by atoms with Gasteiger partial charge in [-0.2, -0.15) is 0 Å². The second kappa shape index (κ2) is 8.68. The number of fused-ring (bicyclic) bond motifs is 1. The maximum Gasteiger partial charge on any atom is 0.234 e. The quantitative estimate of drug-likeness (QED) is 0.388. The molecule has 1 heterocycles. The monoisotopic (exact) mass is 420 g/mol. The molecule has 3 aromatic carbocycles. The summed E-state index contributed by atoms with van der Waals surface area (Å²) in [5.41, 5.74) is 4.09. The van der Waals surface area contributed by atoms with Gasteiger partial charge in [0.15, 0.2) is 0 Å². The minimum Gasteiger partial charge on any atom is -0.497 e. The normalized spacial score (nSPS) is 10.8. The van der Waals surface area contributed by atoms with Crippen LogP contribution in [-0.4, -0.2) is 23.8 Å². The molecule has 0 aliphatic heterocycles. The third kappa shape index (κ3) is 4.78. The zero-order chi connectivity index (χ0) is 20.2. The first-order chi connectivity index (χ1) is 14.1. The number of thioether (sulfide) groups is 1. The maximum atomic E-state index is 12.2. The standard InChI is InChI=1S/C23H20N2O2S2/c1-15-3-12-20-21(13-15)29-23(25-20)16-4-6-17(7-5-16)24-22(26)14-28-19-10-8-18(27-2)9-11-19/h3-13H,14H2,1-2H3,(H,24,26). The van der Waals surface area contributed by atoms with Gasteiger partial charge in [0.1, 0.15) is 10.8 Å². The van der Waals surface area contributed by atoms with E-state index in [0.717, 1.165) is 32.4 Å². The Morgan fingerprint density at radius 3 is 2.55 bits per heavy atom. The molecule has 0 aliphatic carbocycles. The highest BCUT2D eigenvalue weighted by Gasteiger charge is 2.08. The largest absolute Gasteiger partial charge is 0.497 e. The highest BCUT2D eigenvalue weighted by Crippen LogP contribution is 2.31. The van der Waals surface area contributed by atoms with E-state index in [4.69, 9.17) is 9.72 Å². The van der Waals surface area contributed by atoms with Crippen LogP contribution in [0.3, 0.4) is 0 Å². The molecule has 0 bridgehead atoms. The fourth-order valence-corrected chi connectivity index (χ4v) is 4.64. The predicted octanol–water partition coefficient (Wildman–Crippen LogP) is 6.01. The Bertz CT molecular complexity index is 1140. The summed E-state index contributed by atoms with van der Waals surface area (Å²) in [5.74, 6) is 1.13. The van der Waals surface area contributed by atoms with Crippen LogP contribution < -0.4 is 10.1 Å². The Morgan fingerprint density at radius 2 is 1.83 bits per heavy atom. The summed E-state index contributed by atoms with van der Waals surface area (Å²) in [7, 11) is 1.64. The molecule has 0 unspecified atom stereocenters. The van der Waals surface area contributed by atoms with Gasteiger partial charge in [-0.3, -0.25) is 4.79 Å². The fraction of sp³-hybridized carbons (Fsp3) is 0.130. The van der Waals surface area contributed by atoms with Crippen molar-refractivity contribution >= 4 is 44.9 Å². The van der Waals surface area contributed by atoms with Gasteiger partial charge in [0.2, 0.25) is 5.91 Å². The van der Waals surface area contributed by atoms with Gasteiger partial charge in [0, 0.05) is 16.1 Å². The van der Waals surface area contributed by atoms with E-state index in [2.05, 4.69) is 30.4 Å². The van der Waals surface area contributed by atoms with Crippen molar-refractivity contribution < 1.29 is 9.53 Å². The average Bonchev–Trinajstić information content (AvgIpc) is 3.16. The third-order valence-corrected chi connectivity index (χ3v) is 6.47. The smallest absolute Gasteiger partial charge is 0.234 e. The molecule has 0 saturated heterocycles. The van der Waals surface area contributed by atoms with Crippen molar-refractivity contribution in [3.63, 3.8) is 0 Å². The van der Waals surface area contributed by atoms with E-state index >= 15 is 0 Å². The minimum atomic E-state index is -0.0333. The van der Waals surface area contributed by atoms with Crippen molar-refractivity contribution in [2.75, 3.05) is 18.2 Å². The van der Waals surface area contributed by atoms with Crippen LogP contribution in [-0.2, 0) is 4.79 Å². The number of thiazole rings is 1. The van der Waals surface area contributed by atoms with Gasteiger partial charge in [-0.05, 0) is 73.2 Å². The zero-order valence-electron chi connectivity index (χ0n) is 16.1. The number of amides is 1. The lowest BCUT2D eigenvalue weighted by Crippen LogP contribution is -2.13. The average molecular weight is 421 g/mol. The van der Waals surface area contributed by atoms with Crippen molar-refractivity contribution in [1.82, 2.24) is 4.98 Å². The molecule has 0 spiro atoms. The molecule has 146 valence electrons. The van der Waals surface area contributed by atoms with Crippen LogP contribution in [0.1, 0.15) is 5.56 Å². The van der Waals surface area contributed by atoms with E-state index in [0.29, 0.717) is 5.75 Å². The van der Waals surface area contributed by atoms with E-state index in [9.17, 15) is 4.79 Å². The summed E-state index contributed by atoms with van der Waals surface area (Å²) in [6.45, 7) is 2.09. The van der Waals surface area contributed by atoms with E-state index in [1.165, 1.54) is 22.0 Å². The number of aryl methyl sites for hydroxylation is 1. The topological polar surface area (TPSA) is 51.2 Å². The van der Waals surface area contributed by atoms with Crippen molar-refractivity contribution in [3.05, 3.63) is 72.3 Å². The first-order valence-corrected chi connectivity index (χ1v) is 11.0. The molecule has 0 fully saturated rings. The van der Waals surface area contributed by atoms with Gasteiger partial charge < -0.3 is 10.1 Å². The van der Waals surface area contributed by atoms with Gasteiger partial charge in [-0.25, -0.2) is 4.98 Å². The maximum absolute atomic E-state index is 12.2. The first kappa shape index (κ1) is 19.5. The summed E-state index contributed by atoms with van der Waals surface area (Å²) in [6, 6.07) is 21.8. The Hall–Kier alpha value is -2.83. The van der Waals surface area contributed by atoms with E-state index in [-0.39, 0.29) is 5.91 Å². The van der Waals surface area contributed by atoms with Gasteiger partial charge in [-0.1, -0.05) is 6.07 Å². The summed E-state index contributed by atoms with van der Waals surface area (Å²) in [6.07, 6.45) is 0. The molecule has 4 rings (SSSR count). The molecule has 29 heavy (non-hydrogen) atoms. The van der Waals surface area contributed by atoms with Crippen LogP contribution in [0.4, 0.5) is 5.69 Å². The number of methoxy groups -OCH3 is 1. The van der Waals surface area contributed by atoms with Crippen LogP contribution in [0, 0.1) is 6.92 Å². The van der Waals surface area contributed by atoms with Crippen LogP contribution in [0.2, 0.25) is 0 Å². The Labute approximate surface area is 177 Å². The number of ether oxygens (including phenoxy) is 1.